The van der Waals surface area contributed by atoms with Crippen molar-refractivity contribution < 1.29 is 9.90 Å². The van der Waals surface area contributed by atoms with E-state index in [-0.39, 0.29) is 6.54 Å². The van der Waals surface area contributed by atoms with E-state index in [2.05, 4.69) is 21.2 Å². The molecule has 0 radical (unpaired) electrons. The van der Waals surface area contributed by atoms with Gasteiger partial charge in [-0.3, -0.25) is 9.69 Å². The van der Waals surface area contributed by atoms with Crippen LogP contribution in [0.15, 0.2) is 24.3 Å². The fourth-order valence-corrected chi connectivity index (χ4v) is 4.56. The number of rotatable bonds is 8. The van der Waals surface area contributed by atoms with Crippen molar-refractivity contribution in [2.75, 3.05) is 31.1 Å². The Morgan fingerprint density at radius 2 is 1.82 bits per heavy atom. The number of carboxylic acid groups (broad SMARTS) is 1. The molecule has 0 bridgehead atoms. The number of hydrogen-bond donors (Lipinski definition) is 2. The Morgan fingerprint density at radius 1 is 1.14 bits per heavy atom. The zero-order valence-corrected chi connectivity index (χ0v) is 16.4. The van der Waals surface area contributed by atoms with Crippen LogP contribution in [0.25, 0.3) is 0 Å². The number of nitriles is 1. The quantitative estimate of drug-likeness (QED) is 0.719. The summed E-state index contributed by atoms with van der Waals surface area (Å²) in [4.78, 5) is 15.8. The summed E-state index contributed by atoms with van der Waals surface area (Å²) in [6.45, 7) is 3.22. The number of carboxylic acids is 1. The average Bonchev–Trinajstić information content (AvgIpc) is 3.48. The van der Waals surface area contributed by atoms with Crippen LogP contribution in [0.5, 0.6) is 0 Å². The van der Waals surface area contributed by atoms with Crippen molar-refractivity contribution in [3.05, 3.63) is 29.8 Å². The van der Waals surface area contributed by atoms with Gasteiger partial charge in [0.25, 0.3) is 0 Å². The number of benzene rings is 1. The van der Waals surface area contributed by atoms with Crippen LogP contribution in [0.4, 0.5) is 5.69 Å². The Kier molecular flexibility index (Phi) is 5.84. The number of nitrogens with one attached hydrogen (secondary N) is 1. The maximum atomic E-state index is 11.2. The molecule has 1 saturated heterocycles. The highest BCUT2D eigenvalue weighted by atomic mass is 16.4. The molecular formula is C22H30N4O2. The van der Waals surface area contributed by atoms with Crippen molar-refractivity contribution in [1.82, 2.24) is 10.2 Å². The molecule has 0 atom stereocenters. The van der Waals surface area contributed by atoms with Crippen molar-refractivity contribution in [3.63, 3.8) is 0 Å². The first-order chi connectivity index (χ1) is 13.6. The molecule has 1 aliphatic heterocycles. The molecule has 3 fully saturated rings. The van der Waals surface area contributed by atoms with E-state index < -0.39 is 5.97 Å². The lowest BCUT2D eigenvalue weighted by Crippen LogP contribution is -2.57. The van der Waals surface area contributed by atoms with Crippen molar-refractivity contribution in [2.45, 2.75) is 56.7 Å². The number of hydrogen-bond acceptors (Lipinski definition) is 5. The minimum atomic E-state index is -0.702. The monoisotopic (exact) mass is 382 g/mol. The normalized spacial score (nSPS) is 25.4. The van der Waals surface area contributed by atoms with Crippen molar-refractivity contribution >= 4 is 11.7 Å². The second-order valence-corrected chi connectivity index (χ2v) is 8.68. The van der Waals surface area contributed by atoms with Crippen LogP contribution < -0.4 is 10.2 Å². The topological polar surface area (TPSA) is 79.6 Å². The van der Waals surface area contributed by atoms with Gasteiger partial charge in [-0.25, -0.2) is 0 Å². The van der Waals surface area contributed by atoms with E-state index in [1.165, 1.54) is 18.5 Å². The van der Waals surface area contributed by atoms with Gasteiger partial charge in [0, 0.05) is 43.4 Å². The van der Waals surface area contributed by atoms with Crippen molar-refractivity contribution in [2.24, 2.45) is 5.92 Å². The van der Waals surface area contributed by atoms with Crippen molar-refractivity contribution in [3.8, 4) is 6.07 Å². The number of aliphatic carboxylic acids is 1. The minimum Gasteiger partial charge on any atom is -0.480 e. The van der Waals surface area contributed by atoms with E-state index >= 15 is 0 Å². The summed E-state index contributed by atoms with van der Waals surface area (Å²) >= 11 is 0. The molecule has 1 aromatic carbocycles. The first-order valence-electron chi connectivity index (χ1n) is 10.6. The van der Waals surface area contributed by atoms with E-state index in [0.29, 0.717) is 23.7 Å². The lowest BCUT2D eigenvalue weighted by Gasteiger charge is -2.45. The van der Waals surface area contributed by atoms with E-state index in [1.54, 1.807) is 0 Å². The molecule has 2 aliphatic carbocycles. The van der Waals surface area contributed by atoms with Gasteiger partial charge in [0.15, 0.2) is 0 Å². The number of nitrogens with zero attached hydrogens (tertiary/aromatic N) is 3. The molecule has 2 saturated carbocycles. The van der Waals surface area contributed by atoms with Crippen LogP contribution in [-0.2, 0) is 4.79 Å². The predicted molar refractivity (Wildman–Crippen MR) is 108 cm³/mol. The summed E-state index contributed by atoms with van der Waals surface area (Å²) in [5.74, 6) is 0.0325. The van der Waals surface area contributed by atoms with Gasteiger partial charge in [0.2, 0.25) is 0 Å². The molecule has 28 heavy (non-hydrogen) atoms. The third-order valence-electron chi connectivity index (χ3n) is 6.49. The molecular weight excluding hydrogens is 352 g/mol. The summed E-state index contributed by atoms with van der Waals surface area (Å²) in [7, 11) is 0. The third-order valence-corrected chi connectivity index (χ3v) is 6.49. The molecule has 4 rings (SSSR count). The van der Waals surface area contributed by atoms with Gasteiger partial charge in [-0.1, -0.05) is 0 Å². The van der Waals surface area contributed by atoms with Gasteiger partial charge in [-0.2, -0.15) is 5.26 Å². The fraction of sp³-hybridized carbons (Fsp3) is 0.636. The van der Waals surface area contributed by atoms with E-state index in [4.69, 9.17) is 5.26 Å². The molecule has 150 valence electrons. The Bertz CT molecular complexity index is 711. The molecule has 0 amide bonds. The molecule has 3 aliphatic rings. The molecule has 1 aromatic rings. The fourth-order valence-electron chi connectivity index (χ4n) is 4.56. The number of anilines is 1. The van der Waals surface area contributed by atoms with Crippen LogP contribution in [0.2, 0.25) is 0 Å². The summed E-state index contributed by atoms with van der Waals surface area (Å²) in [5.41, 5.74) is 1.91. The lowest BCUT2D eigenvalue weighted by atomic mass is 9.84. The standard InChI is InChI=1S/C22H30N4O2/c23-13-16-3-5-20(6-4-16)25-9-7-18(8-10-25)24-19-11-21(12-19)26(15-22(27)28)14-17-1-2-17/h3-6,17-19,21,24H,1-2,7-12,14-15H2,(H,27,28). The number of carbonyl (C=O) groups is 1. The number of piperidine rings is 1. The highest BCUT2D eigenvalue weighted by Crippen LogP contribution is 2.34. The maximum Gasteiger partial charge on any atom is 0.317 e. The molecule has 1 heterocycles. The van der Waals surface area contributed by atoms with Gasteiger partial charge in [-0.15, -0.1) is 0 Å². The minimum absolute atomic E-state index is 0.191. The van der Waals surface area contributed by atoms with Gasteiger partial charge >= 0.3 is 5.97 Å². The first-order valence-corrected chi connectivity index (χ1v) is 10.6. The van der Waals surface area contributed by atoms with Crippen LogP contribution >= 0.6 is 0 Å². The maximum absolute atomic E-state index is 11.2. The van der Waals surface area contributed by atoms with Crippen molar-refractivity contribution in [1.29, 1.82) is 5.26 Å². The summed E-state index contributed by atoms with van der Waals surface area (Å²) in [6, 6.07) is 11.6. The molecule has 0 aromatic heterocycles. The second-order valence-electron chi connectivity index (χ2n) is 8.68. The summed E-state index contributed by atoms with van der Waals surface area (Å²) in [5, 5.41) is 21.9. The zero-order valence-electron chi connectivity index (χ0n) is 16.4. The van der Waals surface area contributed by atoms with Crippen LogP contribution in [0.1, 0.15) is 44.1 Å². The van der Waals surface area contributed by atoms with E-state index in [1.807, 2.05) is 24.3 Å². The lowest BCUT2D eigenvalue weighted by molar-refractivity contribution is -0.139. The summed E-state index contributed by atoms with van der Waals surface area (Å²) < 4.78 is 0. The Hall–Kier alpha value is -2.10. The average molecular weight is 383 g/mol. The van der Waals surface area contributed by atoms with Crippen LogP contribution in [0.3, 0.4) is 0 Å². The Labute approximate surface area is 167 Å². The van der Waals surface area contributed by atoms with Gasteiger partial charge in [-0.05, 0) is 68.7 Å². The zero-order chi connectivity index (χ0) is 19.5. The van der Waals surface area contributed by atoms with Gasteiger partial charge in [0.05, 0.1) is 18.2 Å². The predicted octanol–water partition coefficient (Wildman–Crippen LogP) is 2.44. The Morgan fingerprint density at radius 3 is 2.39 bits per heavy atom. The SMILES string of the molecule is N#Cc1ccc(N2CCC(NC3CC(N(CC(=O)O)CC4CC4)C3)CC2)cc1. The van der Waals surface area contributed by atoms with Gasteiger partial charge in [0.1, 0.15) is 0 Å². The smallest absolute Gasteiger partial charge is 0.317 e. The molecule has 6 nitrogen and oxygen atoms in total. The van der Waals surface area contributed by atoms with E-state index in [9.17, 15) is 9.90 Å². The van der Waals surface area contributed by atoms with Crippen LogP contribution in [-0.4, -0.2) is 60.3 Å². The largest absolute Gasteiger partial charge is 0.480 e. The molecule has 6 heteroatoms. The molecule has 0 unspecified atom stereocenters. The van der Waals surface area contributed by atoms with Gasteiger partial charge < -0.3 is 15.3 Å². The first kappa shape index (κ1) is 19.2. The third kappa shape index (κ3) is 4.84. The van der Waals surface area contributed by atoms with E-state index in [0.717, 1.165) is 51.2 Å². The second kappa shape index (κ2) is 8.50. The highest BCUT2D eigenvalue weighted by molar-refractivity contribution is 5.69. The molecule has 2 N–H and O–H groups in total. The molecule has 0 spiro atoms. The summed E-state index contributed by atoms with van der Waals surface area (Å²) in [6.07, 6.45) is 6.94. The van der Waals surface area contributed by atoms with Crippen LogP contribution in [0, 0.1) is 17.2 Å². The highest BCUT2D eigenvalue weighted by Gasteiger charge is 2.38. The Balaban J connectivity index is 1.19.